The molecule has 0 radical (unpaired) electrons. The van der Waals surface area contributed by atoms with Gasteiger partial charge >= 0.3 is 0 Å². The zero-order valence-electron chi connectivity index (χ0n) is 11.3. The quantitative estimate of drug-likeness (QED) is 0.652. The second-order valence-corrected chi connectivity index (χ2v) is 6.30. The van der Waals surface area contributed by atoms with Crippen LogP contribution in [0.15, 0.2) is 53.4 Å². The van der Waals surface area contributed by atoms with Gasteiger partial charge in [0, 0.05) is 0 Å². The van der Waals surface area contributed by atoms with E-state index in [2.05, 4.69) is 0 Å². The number of phenols is 2. The van der Waals surface area contributed by atoms with E-state index in [0.717, 1.165) is 5.56 Å². The standard InChI is InChI=1S/C16H11NO3S2/c18-12-5-1-10(2-6-12)9-14-15(20)17(16(21)22-14)11-3-7-13(19)8-4-11/h1-9,18-19H. The number of hydrogen-bond donors (Lipinski definition) is 2. The summed E-state index contributed by atoms with van der Waals surface area (Å²) in [6.07, 6.45) is 1.74. The number of carbonyl (C=O) groups excluding carboxylic acids is 1. The number of anilines is 1. The molecular formula is C16H11NO3S2. The van der Waals surface area contributed by atoms with Crippen molar-refractivity contribution in [1.29, 1.82) is 0 Å². The summed E-state index contributed by atoms with van der Waals surface area (Å²) in [6, 6.07) is 12.9. The van der Waals surface area contributed by atoms with Gasteiger partial charge in [0.15, 0.2) is 4.32 Å². The van der Waals surface area contributed by atoms with Crippen LogP contribution in [0.1, 0.15) is 5.56 Å². The Morgan fingerprint density at radius 2 is 1.50 bits per heavy atom. The van der Waals surface area contributed by atoms with Crippen molar-refractivity contribution < 1.29 is 15.0 Å². The van der Waals surface area contributed by atoms with Crippen molar-refractivity contribution in [1.82, 2.24) is 0 Å². The second kappa shape index (κ2) is 5.82. The molecule has 22 heavy (non-hydrogen) atoms. The number of hydrogen-bond acceptors (Lipinski definition) is 5. The lowest BCUT2D eigenvalue weighted by Crippen LogP contribution is -2.27. The lowest BCUT2D eigenvalue weighted by atomic mass is 10.2. The summed E-state index contributed by atoms with van der Waals surface area (Å²) < 4.78 is 0.445. The number of carbonyl (C=O) groups is 1. The van der Waals surface area contributed by atoms with Crippen LogP contribution in [-0.2, 0) is 4.79 Å². The number of amides is 1. The third-order valence-electron chi connectivity index (χ3n) is 3.09. The lowest BCUT2D eigenvalue weighted by Gasteiger charge is -2.14. The van der Waals surface area contributed by atoms with Gasteiger partial charge in [-0.1, -0.05) is 36.1 Å². The third-order valence-corrected chi connectivity index (χ3v) is 4.39. The normalized spacial score (nSPS) is 16.5. The maximum atomic E-state index is 12.5. The summed E-state index contributed by atoms with van der Waals surface area (Å²) in [5.74, 6) is 0.108. The number of phenolic OH excluding ortho intramolecular Hbond substituents is 2. The molecule has 4 nitrogen and oxygen atoms in total. The van der Waals surface area contributed by atoms with Gasteiger partial charge in [0.05, 0.1) is 10.6 Å². The van der Waals surface area contributed by atoms with Crippen LogP contribution in [0.3, 0.4) is 0 Å². The SMILES string of the molecule is O=C1C(=Cc2ccc(O)cc2)SC(=S)N1c1ccc(O)cc1. The van der Waals surface area contributed by atoms with Gasteiger partial charge in [-0.05, 0) is 48.0 Å². The van der Waals surface area contributed by atoms with Gasteiger partial charge in [0.1, 0.15) is 11.5 Å². The van der Waals surface area contributed by atoms with Crippen LogP contribution in [0.25, 0.3) is 6.08 Å². The first-order valence-corrected chi connectivity index (χ1v) is 7.63. The topological polar surface area (TPSA) is 60.8 Å². The first-order chi connectivity index (χ1) is 10.5. The highest BCUT2D eigenvalue weighted by Gasteiger charge is 2.33. The Bertz CT molecular complexity index is 767. The zero-order valence-corrected chi connectivity index (χ0v) is 12.9. The van der Waals surface area contributed by atoms with Crippen molar-refractivity contribution in [2.75, 3.05) is 4.90 Å². The van der Waals surface area contributed by atoms with E-state index in [1.54, 1.807) is 42.5 Å². The molecule has 1 fully saturated rings. The number of aromatic hydroxyl groups is 2. The molecule has 1 aliphatic rings. The molecule has 2 aromatic rings. The van der Waals surface area contributed by atoms with Crippen molar-refractivity contribution in [3.8, 4) is 11.5 Å². The molecule has 0 unspecified atom stereocenters. The first kappa shape index (κ1) is 14.6. The minimum atomic E-state index is -0.200. The predicted octanol–water partition coefficient (Wildman–Crippen LogP) is 3.50. The van der Waals surface area contributed by atoms with Gasteiger partial charge in [-0.25, -0.2) is 0 Å². The summed E-state index contributed by atoms with van der Waals surface area (Å²) in [4.78, 5) is 14.5. The Labute approximate surface area is 136 Å². The van der Waals surface area contributed by atoms with Crippen molar-refractivity contribution in [2.45, 2.75) is 0 Å². The summed E-state index contributed by atoms with van der Waals surface area (Å²) in [5, 5.41) is 18.6. The largest absolute Gasteiger partial charge is 0.508 e. The van der Waals surface area contributed by atoms with Gasteiger partial charge < -0.3 is 10.2 Å². The Kier molecular flexibility index (Phi) is 3.87. The van der Waals surface area contributed by atoms with E-state index in [-0.39, 0.29) is 17.4 Å². The molecule has 110 valence electrons. The van der Waals surface area contributed by atoms with Crippen molar-refractivity contribution in [3.63, 3.8) is 0 Å². The van der Waals surface area contributed by atoms with Crippen LogP contribution >= 0.6 is 24.0 Å². The van der Waals surface area contributed by atoms with Crippen molar-refractivity contribution in [2.24, 2.45) is 0 Å². The van der Waals surface area contributed by atoms with E-state index >= 15 is 0 Å². The predicted molar refractivity (Wildman–Crippen MR) is 91.9 cm³/mol. The van der Waals surface area contributed by atoms with Crippen molar-refractivity contribution in [3.05, 3.63) is 59.0 Å². The van der Waals surface area contributed by atoms with Crippen LogP contribution in [0.4, 0.5) is 5.69 Å². The van der Waals surface area contributed by atoms with E-state index in [1.165, 1.54) is 28.8 Å². The Morgan fingerprint density at radius 1 is 0.955 bits per heavy atom. The Morgan fingerprint density at radius 3 is 2.09 bits per heavy atom. The average molecular weight is 329 g/mol. The summed E-state index contributed by atoms with van der Waals surface area (Å²) >= 11 is 6.49. The molecule has 2 aromatic carbocycles. The number of thioether (sulfide) groups is 1. The smallest absolute Gasteiger partial charge is 0.270 e. The lowest BCUT2D eigenvalue weighted by molar-refractivity contribution is -0.113. The fourth-order valence-electron chi connectivity index (χ4n) is 2.01. The maximum absolute atomic E-state index is 12.5. The fraction of sp³-hybridized carbons (Fsp3) is 0. The molecule has 0 spiro atoms. The van der Waals surface area contributed by atoms with Gasteiger partial charge in [-0.3, -0.25) is 9.69 Å². The van der Waals surface area contributed by atoms with Crippen LogP contribution in [0, 0.1) is 0 Å². The maximum Gasteiger partial charge on any atom is 0.270 e. The molecule has 1 aliphatic heterocycles. The highest BCUT2D eigenvalue weighted by molar-refractivity contribution is 8.27. The third kappa shape index (κ3) is 2.84. The minimum Gasteiger partial charge on any atom is -0.508 e. The zero-order chi connectivity index (χ0) is 15.7. The molecule has 0 aliphatic carbocycles. The van der Waals surface area contributed by atoms with Gasteiger partial charge in [-0.15, -0.1) is 0 Å². The van der Waals surface area contributed by atoms with Gasteiger partial charge in [0.25, 0.3) is 5.91 Å². The molecule has 1 saturated heterocycles. The monoisotopic (exact) mass is 329 g/mol. The molecule has 2 N–H and O–H groups in total. The molecule has 6 heteroatoms. The van der Waals surface area contributed by atoms with E-state index in [9.17, 15) is 15.0 Å². The number of benzene rings is 2. The Hall–Kier alpha value is -2.31. The van der Waals surface area contributed by atoms with E-state index < -0.39 is 0 Å². The average Bonchev–Trinajstić information content (AvgIpc) is 2.77. The van der Waals surface area contributed by atoms with E-state index in [4.69, 9.17) is 12.2 Å². The summed E-state index contributed by atoms with van der Waals surface area (Å²) in [6.45, 7) is 0. The molecule has 3 rings (SSSR count). The van der Waals surface area contributed by atoms with Gasteiger partial charge in [0.2, 0.25) is 0 Å². The molecular weight excluding hydrogens is 318 g/mol. The molecule has 0 saturated carbocycles. The number of rotatable bonds is 2. The molecule has 0 bridgehead atoms. The van der Waals surface area contributed by atoms with Crippen molar-refractivity contribution >= 4 is 46.0 Å². The molecule has 1 amide bonds. The second-order valence-electron chi connectivity index (χ2n) is 4.63. The molecule has 1 heterocycles. The molecule has 0 atom stereocenters. The van der Waals surface area contributed by atoms with Crippen LogP contribution < -0.4 is 4.90 Å². The van der Waals surface area contributed by atoms with Gasteiger partial charge in [-0.2, -0.15) is 0 Å². The van der Waals surface area contributed by atoms with Crippen LogP contribution in [0.5, 0.6) is 11.5 Å². The number of thiocarbonyl (C=S) groups is 1. The highest BCUT2D eigenvalue weighted by Crippen LogP contribution is 2.36. The molecule has 0 aromatic heterocycles. The minimum absolute atomic E-state index is 0.133. The van der Waals surface area contributed by atoms with E-state index in [1.807, 2.05) is 0 Å². The highest BCUT2D eigenvalue weighted by atomic mass is 32.2. The fourth-order valence-corrected chi connectivity index (χ4v) is 3.31. The Balaban J connectivity index is 1.91. The summed E-state index contributed by atoms with van der Waals surface area (Å²) in [7, 11) is 0. The van der Waals surface area contributed by atoms with E-state index in [0.29, 0.717) is 14.9 Å². The van der Waals surface area contributed by atoms with Crippen LogP contribution in [0.2, 0.25) is 0 Å². The summed E-state index contributed by atoms with van der Waals surface area (Å²) in [5.41, 5.74) is 1.43. The number of nitrogens with zero attached hydrogens (tertiary/aromatic N) is 1. The van der Waals surface area contributed by atoms with Crippen LogP contribution in [-0.4, -0.2) is 20.4 Å². The first-order valence-electron chi connectivity index (χ1n) is 6.40.